The van der Waals surface area contributed by atoms with Crippen LogP contribution in [-0.2, 0) is 13.1 Å². The van der Waals surface area contributed by atoms with Crippen molar-refractivity contribution in [3.8, 4) is 10.6 Å². The minimum Gasteiger partial charge on any atom is -0.336 e. The fourth-order valence-corrected chi connectivity index (χ4v) is 4.77. The summed E-state index contributed by atoms with van der Waals surface area (Å²) >= 11 is 1.69. The molecule has 0 radical (unpaired) electrons. The highest BCUT2D eigenvalue weighted by Gasteiger charge is 2.22. The van der Waals surface area contributed by atoms with Gasteiger partial charge in [0.15, 0.2) is 0 Å². The molecule has 1 amide bonds. The van der Waals surface area contributed by atoms with Gasteiger partial charge in [-0.25, -0.2) is 9.97 Å². The molecule has 0 aliphatic carbocycles. The summed E-state index contributed by atoms with van der Waals surface area (Å²) < 4.78 is 2.02. The molecule has 162 valence electrons. The molecule has 2 aromatic carbocycles. The van der Waals surface area contributed by atoms with Crippen LogP contribution in [0.15, 0.2) is 78.7 Å². The summed E-state index contributed by atoms with van der Waals surface area (Å²) in [6, 6.07) is 18.2. The van der Waals surface area contributed by atoms with E-state index in [-0.39, 0.29) is 5.91 Å². The van der Waals surface area contributed by atoms with Crippen LogP contribution >= 0.6 is 11.3 Å². The van der Waals surface area contributed by atoms with Gasteiger partial charge in [0.2, 0.25) is 0 Å². The average Bonchev–Trinajstić information content (AvgIpc) is 3.53. The predicted octanol–water partition coefficient (Wildman–Crippen LogP) is 4.01. The van der Waals surface area contributed by atoms with Crippen molar-refractivity contribution in [1.29, 1.82) is 0 Å². The molecule has 5 rings (SSSR count). The number of hydrogen-bond donors (Lipinski definition) is 0. The van der Waals surface area contributed by atoms with Gasteiger partial charge in [0.25, 0.3) is 5.91 Å². The molecule has 1 saturated heterocycles. The van der Waals surface area contributed by atoms with E-state index in [4.69, 9.17) is 4.98 Å². The van der Waals surface area contributed by atoms with Crippen LogP contribution < -0.4 is 0 Å². The fourth-order valence-electron chi connectivity index (χ4n) is 3.96. The van der Waals surface area contributed by atoms with Crippen LogP contribution in [0.1, 0.15) is 21.6 Å². The number of amides is 1. The van der Waals surface area contributed by atoms with E-state index >= 15 is 0 Å². The smallest absolute Gasteiger partial charge is 0.253 e. The topological polar surface area (TPSA) is 54.3 Å². The van der Waals surface area contributed by atoms with Gasteiger partial charge in [-0.2, -0.15) is 0 Å². The Bertz CT molecular complexity index is 1150. The van der Waals surface area contributed by atoms with Crippen molar-refractivity contribution in [1.82, 2.24) is 24.3 Å². The molecule has 1 fully saturated rings. The molecule has 0 bridgehead atoms. The second-order valence-electron chi connectivity index (χ2n) is 8.01. The van der Waals surface area contributed by atoms with E-state index in [0.717, 1.165) is 66.7 Å². The Morgan fingerprint density at radius 1 is 0.938 bits per heavy atom. The van der Waals surface area contributed by atoms with Crippen LogP contribution in [0.25, 0.3) is 10.6 Å². The van der Waals surface area contributed by atoms with Gasteiger partial charge in [0.1, 0.15) is 5.01 Å². The van der Waals surface area contributed by atoms with Crippen molar-refractivity contribution in [3.63, 3.8) is 0 Å². The van der Waals surface area contributed by atoms with Crippen molar-refractivity contribution in [3.05, 3.63) is 95.5 Å². The molecule has 2 aromatic heterocycles. The minimum absolute atomic E-state index is 0.110. The van der Waals surface area contributed by atoms with Gasteiger partial charge >= 0.3 is 0 Å². The van der Waals surface area contributed by atoms with Gasteiger partial charge in [-0.1, -0.05) is 42.5 Å². The van der Waals surface area contributed by atoms with Crippen LogP contribution in [0.2, 0.25) is 0 Å². The van der Waals surface area contributed by atoms with Gasteiger partial charge < -0.3 is 9.47 Å². The first-order valence-electron chi connectivity index (χ1n) is 10.8. The van der Waals surface area contributed by atoms with Gasteiger partial charge in [-0.3, -0.25) is 9.69 Å². The molecule has 32 heavy (non-hydrogen) atoms. The molecule has 0 spiro atoms. The maximum atomic E-state index is 12.9. The summed E-state index contributed by atoms with van der Waals surface area (Å²) in [6.07, 6.45) is 5.51. The summed E-state index contributed by atoms with van der Waals surface area (Å²) in [5.41, 5.74) is 4.17. The number of rotatable bonds is 6. The molecule has 0 unspecified atom stereocenters. The quantitative estimate of drug-likeness (QED) is 0.452. The summed E-state index contributed by atoms with van der Waals surface area (Å²) in [5, 5.41) is 3.21. The molecule has 0 atom stereocenters. The van der Waals surface area contributed by atoms with E-state index < -0.39 is 0 Å². The number of hydrogen-bond acceptors (Lipinski definition) is 5. The van der Waals surface area contributed by atoms with Crippen molar-refractivity contribution < 1.29 is 4.79 Å². The molecule has 6 nitrogen and oxygen atoms in total. The normalized spacial score (nSPS) is 14.6. The maximum absolute atomic E-state index is 12.9. The third-order valence-corrected chi connectivity index (χ3v) is 6.68. The van der Waals surface area contributed by atoms with Crippen molar-refractivity contribution in [2.75, 3.05) is 26.2 Å². The Balaban J connectivity index is 1.13. The summed E-state index contributed by atoms with van der Waals surface area (Å²) in [4.78, 5) is 26.1. The largest absolute Gasteiger partial charge is 0.336 e. The number of aromatic nitrogens is 3. The molecule has 4 aromatic rings. The molecule has 1 aliphatic heterocycles. The van der Waals surface area contributed by atoms with Crippen LogP contribution in [0.4, 0.5) is 0 Å². The molecular weight excluding hydrogens is 418 g/mol. The Kier molecular flexibility index (Phi) is 6.09. The van der Waals surface area contributed by atoms with Crippen LogP contribution in [0.5, 0.6) is 0 Å². The number of carbonyl (C=O) groups is 1. The Morgan fingerprint density at radius 2 is 1.72 bits per heavy atom. The first-order valence-corrected chi connectivity index (χ1v) is 11.7. The summed E-state index contributed by atoms with van der Waals surface area (Å²) in [7, 11) is 0. The third-order valence-electron chi connectivity index (χ3n) is 5.74. The van der Waals surface area contributed by atoms with E-state index in [2.05, 4.69) is 27.4 Å². The molecule has 0 N–H and O–H groups in total. The minimum atomic E-state index is 0.110. The Hall–Kier alpha value is -3.29. The van der Waals surface area contributed by atoms with Crippen LogP contribution in [0, 0.1) is 0 Å². The van der Waals surface area contributed by atoms with Crippen molar-refractivity contribution >= 4 is 17.2 Å². The highest BCUT2D eigenvalue weighted by molar-refractivity contribution is 7.13. The molecule has 1 aliphatic rings. The molecule has 7 heteroatoms. The lowest BCUT2D eigenvalue weighted by Gasteiger charge is -2.34. The lowest BCUT2D eigenvalue weighted by atomic mass is 10.1. The summed E-state index contributed by atoms with van der Waals surface area (Å²) in [5.74, 6) is 0.110. The lowest BCUT2D eigenvalue weighted by Crippen LogP contribution is -2.48. The van der Waals surface area contributed by atoms with Gasteiger partial charge in [0.05, 0.1) is 12.0 Å². The van der Waals surface area contributed by atoms with Gasteiger partial charge in [-0.15, -0.1) is 11.3 Å². The highest BCUT2D eigenvalue weighted by Crippen LogP contribution is 2.24. The molecule has 3 heterocycles. The van der Waals surface area contributed by atoms with Gasteiger partial charge in [-0.05, 0) is 17.7 Å². The number of benzene rings is 2. The van der Waals surface area contributed by atoms with E-state index in [1.807, 2.05) is 58.1 Å². The standard InChI is InChI=1S/C25H25N5OS/c31-25(22-8-6-20(7-9-22)16-29-11-10-26-19-29)30-14-12-28(13-15-30)17-23-18-32-24(27-23)21-4-2-1-3-5-21/h1-11,18-19H,12-17H2. The Labute approximate surface area is 191 Å². The number of nitrogens with zero attached hydrogens (tertiary/aromatic N) is 5. The second-order valence-corrected chi connectivity index (χ2v) is 8.87. The van der Waals surface area contributed by atoms with E-state index in [0.29, 0.717) is 0 Å². The van der Waals surface area contributed by atoms with Crippen LogP contribution in [-0.4, -0.2) is 56.4 Å². The zero-order chi connectivity index (χ0) is 21.8. The van der Waals surface area contributed by atoms with Gasteiger partial charge in [0, 0.05) is 68.2 Å². The third kappa shape index (κ3) is 4.79. The monoisotopic (exact) mass is 443 g/mol. The average molecular weight is 444 g/mol. The zero-order valence-electron chi connectivity index (χ0n) is 17.8. The number of thiazole rings is 1. The Morgan fingerprint density at radius 3 is 2.44 bits per heavy atom. The van der Waals surface area contributed by atoms with Crippen LogP contribution in [0.3, 0.4) is 0 Å². The predicted molar refractivity (Wildman–Crippen MR) is 127 cm³/mol. The second kappa shape index (κ2) is 9.46. The summed E-state index contributed by atoms with van der Waals surface area (Å²) in [6.45, 7) is 4.80. The highest BCUT2D eigenvalue weighted by atomic mass is 32.1. The molecular formula is C25H25N5OS. The zero-order valence-corrected chi connectivity index (χ0v) is 18.6. The fraction of sp³-hybridized carbons (Fsp3) is 0.240. The molecule has 0 saturated carbocycles. The van der Waals surface area contributed by atoms with E-state index in [9.17, 15) is 4.79 Å². The number of imidazole rings is 1. The maximum Gasteiger partial charge on any atom is 0.253 e. The van der Waals surface area contributed by atoms with E-state index in [1.165, 1.54) is 0 Å². The first kappa shape index (κ1) is 20.6. The van der Waals surface area contributed by atoms with Crippen molar-refractivity contribution in [2.24, 2.45) is 0 Å². The number of carbonyl (C=O) groups excluding carboxylic acids is 1. The van der Waals surface area contributed by atoms with Crippen molar-refractivity contribution in [2.45, 2.75) is 13.1 Å². The number of piperazine rings is 1. The first-order chi connectivity index (χ1) is 15.7. The SMILES string of the molecule is O=C(c1ccc(Cn2ccnc2)cc1)N1CCN(Cc2csc(-c3ccccc3)n2)CC1. The van der Waals surface area contributed by atoms with E-state index in [1.54, 1.807) is 23.9 Å². The lowest BCUT2D eigenvalue weighted by molar-refractivity contribution is 0.0627.